The van der Waals surface area contributed by atoms with E-state index >= 15 is 0 Å². The molecule has 0 aliphatic heterocycles. The van der Waals surface area contributed by atoms with Gasteiger partial charge in [-0.3, -0.25) is 14.3 Å². The Morgan fingerprint density at radius 1 is 1.47 bits per heavy atom. The van der Waals surface area contributed by atoms with Gasteiger partial charge in [0.05, 0.1) is 6.61 Å². The molecule has 0 aliphatic rings. The Hall–Kier alpha value is -1.92. The SMILES string of the molecule is CCCn1ncnc1CC(C)(C(=O)O)C(=O)OCC. The molecule has 0 saturated heterocycles. The molecular weight excluding hydrogens is 250 g/mol. The fourth-order valence-corrected chi connectivity index (χ4v) is 1.67. The molecule has 0 radical (unpaired) electrons. The van der Waals surface area contributed by atoms with E-state index < -0.39 is 17.4 Å². The highest BCUT2D eigenvalue weighted by Crippen LogP contribution is 2.24. The summed E-state index contributed by atoms with van der Waals surface area (Å²) < 4.78 is 6.45. The largest absolute Gasteiger partial charge is 0.480 e. The van der Waals surface area contributed by atoms with Crippen LogP contribution < -0.4 is 0 Å². The third kappa shape index (κ3) is 3.30. The fourth-order valence-electron chi connectivity index (χ4n) is 1.67. The number of carboxylic acids is 1. The molecule has 1 aromatic rings. The lowest BCUT2D eigenvalue weighted by atomic mass is 9.86. The van der Waals surface area contributed by atoms with Crippen molar-refractivity contribution >= 4 is 11.9 Å². The van der Waals surface area contributed by atoms with Crippen molar-refractivity contribution in [2.24, 2.45) is 5.41 Å². The number of hydrogen-bond donors (Lipinski definition) is 1. The first-order valence-corrected chi connectivity index (χ1v) is 6.23. The fraction of sp³-hybridized carbons (Fsp3) is 0.667. The molecule has 106 valence electrons. The molecule has 1 N–H and O–H groups in total. The maximum absolute atomic E-state index is 11.8. The van der Waals surface area contributed by atoms with Crippen LogP contribution in [0.15, 0.2) is 6.33 Å². The van der Waals surface area contributed by atoms with Gasteiger partial charge in [0, 0.05) is 13.0 Å². The zero-order valence-corrected chi connectivity index (χ0v) is 11.4. The summed E-state index contributed by atoms with van der Waals surface area (Å²) in [6, 6.07) is 0. The molecule has 19 heavy (non-hydrogen) atoms. The van der Waals surface area contributed by atoms with Gasteiger partial charge in [0.25, 0.3) is 0 Å². The summed E-state index contributed by atoms with van der Waals surface area (Å²) in [5, 5.41) is 13.3. The summed E-state index contributed by atoms with van der Waals surface area (Å²) in [6.07, 6.45) is 2.17. The summed E-state index contributed by atoms with van der Waals surface area (Å²) >= 11 is 0. The van der Waals surface area contributed by atoms with Crippen molar-refractivity contribution in [3.05, 3.63) is 12.2 Å². The normalized spacial score (nSPS) is 13.8. The van der Waals surface area contributed by atoms with E-state index in [1.807, 2.05) is 6.92 Å². The molecule has 1 aromatic heterocycles. The summed E-state index contributed by atoms with van der Waals surface area (Å²) in [6.45, 7) is 5.74. The lowest BCUT2D eigenvalue weighted by molar-refractivity contribution is -0.167. The van der Waals surface area contributed by atoms with E-state index in [0.717, 1.165) is 6.42 Å². The van der Waals surface area contributed by atoms with Gasteiger partial charge in [0.15, 0.2) is 5.41 Å². The topological polar surface area (TPSA) is 94.3 Å². The molecule has 1 atom stereocenters. The number of aliphatic carboxylic acids is 1. The Bertz CT molecular complexity index is 458. The molecular formula is C12H19N3O4. The van der Waals surface area contributed by atoms with Crippen LogP contribution in [0.5, 0.6) is 0 Å². The van der Waals surface area contributed by atoms with Crippen molar-refractivity contribution in [1.29, 1.82) is 0 Å². The lowest BCUT2D eigenvalue weighted by Gasteiger charge is -2.22. The van der Waals surface area contributed by atoms with Gasteiger partial charge in [0.2, 0.25) is 0 Å². The first-order chi connectivity index (χ1) is 8.95. The first-order valence-electron chi connectivity index (χ1n) is 6.23. The quantitative estimate of drug-likeness (QED) is 0.583. The van der Waals surface area contributed by atoms with Gasteiger partial charge >= 0.3 is 11.9 Å². The van der Waals surface area contributed by atoms with Crippen LogP contribution in [0.25, 0.3) is 0 Å². The Labute approximate surface area is 111 Å². The number of aromatic nitrogens is 3. The van der Waals surface area contributed by atoms with Crippen molar-refractivity contribution in [3.63, 3.8) is 0 Å². The number of ether oxygens (including phenoxy) is 1. The van der Waals surface area contributed by atoms with Crippen LogP contribution in [-0.2, 0) is 27.3 Å². The average Bonchev–Trinajstić information content (AvgIpc) is 2.77. The predicted molar refractivity (Wildman–Crippen MR) is 66.4 cm³/mol. The zero-order chi connectivity index (χ0) is 14.5. The van der Waals surface area contributed by atoms with Gasteiger partial charge in [-0.15, -0.1) is 0 Å². The highest BCUT2D eigenvalue weighted by Gasteiger charge is 2.44. The number of hydrogen-bond acceptors (Lipinski definition) is 5. The van der Waals surface area contributed by atoms with Crippen molar-refractivity contribution in [2.75, 3.05) is 6.61 Å². The van der Waals surface area contributed by atoms with E-state index in [2.05, 4.69) is 10.1 Å². The second kappa shape index (κ2) is 6.31. The monoisotopic (exact) mass is 269 g/mol. The molecule has 0 saturated carbocycles. The molecule has 1 rings (SSSR count). The van der Waals surface area contributed by atoms with Crippen LogP contribution in [0.3, 0.4) is 0 Å². The molecule has 1 heterocycles. The van der Waals surface area contributed by atoms with Crippen LogP contribution >= 0.6 is 0 Å². The van der Waals surface area contributed by atoms with Gasteiger partial charge in [-0.1, -0.05) is 6.92 Å². The third-order valence-corrected chi connectivity index (χ3v) is 2.84. The Balaban J connectivity index is 2.98. The van der Waals surface area contributed by atoms with Crippen molar-refractivity contribution in [3.8, 4) is 0 Å². The summed E-state index contributed by atoms with van der Waals surface area (Å²) in [4.78, 5) is 27.2. The first kappa shape index (κ1) is 15.1. The number of nitrogens with zero attached hydrogens (tertiary/aromatic N) is 3. The second-order valence-electron chi connectivity index (χ2n) is 4.43. The van der Waals surface area contributed by atoms with E-state index in [-0.39, 0.29) is 13.0 Å². The summed E-state index contributed by atoms with van der Waals surface area (Å²) in [5.41, 5.74) is -1.64. The molecule has 0 amide bonds. The van der Waals surface area contributed by atoms with Crippen molar-refractivity contribution in [2.45, 2.75) is 40.2 Å². The molecule has 7 nitrogen and oxygen atoms in total. The van der Waals surface area contributed by atoms with E-state index in [1.165, 1.54) is 13.3 Å². The number of carbonyl (C=O) groups is 2. The van der Waals surface area contributed by atoms with Crippen LogP contribution in [0.4, 0.5) is 0 Å². The maximum atomic E-state index is 11.8. The number of rotatable bonds is 7. The van der Waals surface area contributed by atoms with Gasteiger partial charge in [-0.2, -0.15) is 5.10 Å². The molecule has 0 bridgehead atoms. The lowest BCUT2D eigenvalue weighted by Crippen LogP contribution is -2.40. The maximum Gasteiger partial charge on any atom is 0.323 e. The Kier molecular flexibility index (Phi) is 5.02. The number of aryl methyl sites for hydroxylation is 1. The molecule has 0 aliphatic carbocycles. The van der Waals surface area contributed by atoms with E-state index in [0.29, 0.717) is 12.4 Å². The van der Waals surface area contributed by atoms with Gasteiger partial charge < -0.3 is 9.84 Å². The van der Waals surface area contributed by atoms with E-state index in [9.17, 15) is 14.7 Å². The summed E-state index contributed by atoms with van der Waals surface area (Å²) in [5.74, 6) is -1.51. The standard InChI is InChI=1S/C12H19N3O4/c1-4-6-15-9(13-8-14-15)7-12(3,10(16)17)11(18)19-5-2/h8H,4-7H2,1-3H3,(H,16,17). The summed E-state index contributed by atoms with van der Waals surface area (Å²) in [7, 11) is 0. The average molecular weight is 269 g/mol. The van der Waals surface area contributed by atoms with E-state index in [1.54, 1.807) is 11.6 Å². The molecule has 0 fully saturated rings. The number of carbonyl (C=O) groups excluding carboxylic acids is 1. The smallest absolute Gasteiger partial charge is 0.323 e. The zero-order valence-electron chi connectivity index (χ0n) is 11.4. The molecule has 0 spiro atoms. The highest BCUT2D eigenvalue weighted by atomic mass is 16.5. The van der Waals surface area contributed by atoms with E-state index in [4.69, 9.17) is 4.74 Å². The van der Waals surface area contributed by atoms with Crippen molar-refractivity contribution < 1.29 is 19.4 Å². The van der Waals surface area contributed by atoms with Gasteiger partial charge in [0.1, 0.15) is 12.2 Å². The van der Waals surface area contributed by atoms with Crippen LogP contribution in [0.2, 0.25) is 0 Å². The molecule has 1 unspecified atom stereocenters. The Morgan fingerprint density at radius 3 is 2.68 bits per heavy atom. The highest BCUT2D eigenvalue weighted by molar-refractivity contribution is 5.98. The number of esters is 1. The number of carboxylic acid groups (broad SMARTS) is 1. The van der Waals surface area contributed by atoms with Crippen LogP contribution in [-0.4, -0.2) is 38.4 Å². The van der Waals surface area contributed by atoms with Gasteiger partial charge in [-0.25, -0.2) is 4.98 Å². The van der Waals surface area contributed by atoms with Crippen LogP contribution in [0, 0.1) is 5.41 Å². The minimum Gasteiger partial charge on any atom is -0.480 e. The third-order valence-electron chi connectivity index (χ3n) is 2.84. The molecule has 0 aromatic carbocycles. The molecule has 7 heteroatoms. The second-order valence-corrected chi connectivity index (χ2v) is 4.43. The minimum atomic E-state index is -1.64. The van der Waals surface area contributed by atoms with Crippen molar-refractivity contribution in [1.82, 2.24) is 14.8 Å². The van der Waals surface area contributed by atoms with Crippen LogP contribution in [0.1, 0.15) is 33.0 Å². The van der Waals surface area contributed by atoms with Gasteiger partial charge in [-0.05, 0) is 20.3 Å². The Morgan fingerprint density at radius 2 is 2.16 bits per heavy atom. The minimum absolute atomic E-state index is 0.0405. The predicted octanol–water partition coefficient (Wildman–Crippen LogP) is 0.885.